The predicted molar refractivity (Wildman–Crippen MR) is 106 cm³/mol. The predicted octanol–water partition coefficient (Wildman–Crippen LogP) is 2.06. The van der Waals surface area contributed by atoms with Crippen LogP contribution in [-0.2, 0) is 5.41 Å². The summed E-state index contributed by atoms with van der Waals surface area (Å²) in [5, 5.41) is 34.2. The van der Waals surface area contributed by atoms with Gasteiger partial charge in [0.05, 0.1) is 5.69 Å². The summed E-state index contributed by atoms with van der Waals surface area (Å²) in [7, 11) is 0. The number of nitrogen functional groups attached to an aromatic ring is 2. The minimum absolute atomic E-state index is 0.0145. The zero-order chi connectivity index (χ0) is 20.6. The molecule has 2 heterocycles. The van der Waals surface area contributed by atoms with Crippen LogP contribution in [0, 0.1) is 22.8 Å². The fraction of sp³-hybridized carbons (Fsp3) is 0.263. The third kappa shape index (κ3) is 3.10. The number of phenolic OH excluding ortho intramolecular Hbond substituents is 1. The molecule has 1 unspecified atom stereocenters. The molecule has 1 atom stereocenters. The van der Waals surface area contributed by atoms with Gasteiger partial charge in [-0.2, -0.15) is 10.5 Å². The molecule has 9 nitrogen and oxygen atoms in total. The number of hydrogen-bond donors (Lipinski definition) is 5. The summed E-state index contributed by atoms with van der Waals surface area (Å²) in [6.07, 6.45) is 1.79. The standard InChI is InChI=1S/C19H20N8O/c1-19(2,3)9-4-5-12(28)10(6-9)15-13-14(22)11(7-20)16(23)26-17(13)27-18(25-15)24-8-21/h4-6,15,28H,1-3H3,(H6,22,23,24,25,26,27). The first-order chi connectivity index (χ1) is 13.2. The van der Waals surface area contributed by atoms with Crippen molar-refractivity contribution in [2.75, 3.05) is 16.8 Å². The quantitative estimate of drug-likeness (QED) is 0.372. The normalized spacial score (nSPS) is 15.5. The molecule has 0 spiro atoms. The van der Waals surface area contributed by atoms with Gasteiger partial charge >= 0.3 is 0 Å². The second-order valence-electron chi connectivity index (χ2n) is 7.43. The molecule has 2 aromatic rings. The van der Waals surface area contributed by atoms with Gasteiger partial charge in [-0.05, 0) is 23.1 Å². The van der Waals surface area contributed by atoms with Gasteiger partial charge in [0.25, 0.3) is 0 Å². The molecule has 0 bridgehead atoms. The van der Waals surface area contributed by atoms with E-state index < -0.39 is 6.04 Å². The van der Waals surface area contributed by atoms with E-state index in [1.807, 2.05) is 18.2 Å². The number of phenols is 1. The summed E-state index contributed by atoms with van der Waals surface area (Å²) in [4.78, 5) is 8.68. The summed E-state index contributed by atoms with van der Waals surface area (Å²) >= 11 is 0. The maximum Gasteiger partial charge on any atom is 0.211 e. The van der Waals surface area contributed by atoms with Crippen molar-refractivity contribution in [2.24, 2.45) is 4.99 Å². The van der Waals surface area contributed by atoms with Gasteiger partial charge in [0, 0.05) is 11.1 Å². The SMILES string of the molecule is CC(C)(C)c1ccc(O)c(C2N=C(NC#N)Nc3nc(N)c(C#N)c(N)c32)c1. The number of aliphatic imine (C=N–C) groups is 1. The summed E-state index contributed by atoms with van der Waals surface area (Å²) < 4.78 is 0. The number of nitriles is 2. The number of rotatable bonds is 1. The highest BCUT2D eigenvalue weighted by atomic mass is 16.3. The lowest BCUT2D eigenvalue weighted by Gasteiger charge is -2.28. The minimum atomic E-state index is -0.783. The zero-order valence-corrected chi connectivity index (χ0v) is 15.7. The Morgan fingerprint density at radius 2 is 1.96 bits per heavy atom. The van der Waals surface area contributed by atoms with E-state index in [1.54, 1.807) is 12.3 Å². The fourth-order valence-electron chi connectivity index (χ4n) is 3.05. The smallest absolute Gasteiger partial charge is 0.211 e. The van der Waals surface area contributed by atoms with Crippen LogP contribution in [-0.4, -0.2) is 16.1 Å². The highest BCUT2D eigenvalue weighted by molar-refractivity contribution is 5.98. The topological polar surface area (TPSA) is 169 Å². The number of benzene rings is 1. The van der Waals surface area contributed by atoms with Crippen molar-refractivity contribution in [1.29, 1.82) is 10.5 Å². The number of hydrogen-bond acceptors (Lipinski definition) is 9. The van der Waals surface area contributed by atoms with E-state index in [-0.39, 0.29) is 40.0 Å². The molecular weight excluding hydrogens is 356 g/mol. The number of aromatic nitrogens is 1. The first-order valence-electron chi connectivity index (χ1n) is 8.49. The molecule has 0 saturated carbocycles. The Hall–Kier alpha value is -3.98. The van der Waals surface area contributed by atoms with Crippen molar-refractivity contribution < 1.29 is 5.11 Å². The van der Waals surface area contributed by atoms with Gasteiger partial charge in [-0.3, -0.25) is 5.32 Å². The molecule has 7 N–H and O–H groups in total. The maximum atomic E-state index is 10.5. The lowest BCUT2D eigenvalue weighted by molar-refractivity contribution is 0.463. The Morgan fingerprint density at radius 3 is 2.57 bits per heavy atom. The van der Waals surface area contributed by atoms with Crippen molar-refractivity contribution in [1.82, 2.24) is 10.3 Å². The van der Waals surface area contributed by atoms with Crippen molar-refractivity contribution >= 4 is 23.3 Å². The molecule has 0 saturated heterocycles. The molecule has 9 heteroatoms. The van der Waals surface area contributed by atoms with Crippen LogP contribution in [0.3, 0.4) is 0 Å². The summed E-state index contributed by atoms with van der Waals surface area (Å²) in [6, 6.07) is 6.44. The van der Waals surface area contributed by atoms with Gasteiger partial charge < -0.3 is 21.9 Å². The fourth-order valence-corrected chi connectivity index (χ4v) is 3.05. The lowest BCUT2D eigenvalue weighted by Crippen LogP contribution is -2.32. The zero-order valence-electron chi connectivity index (χ0n) is 15.7. The number of anilines is 3. The maximum absolute atomic E-state index is 10.5. The first-order valence-corrected chi connectivity index (χ1v) is 8.49. The van der Waals surface area contributed by atoms with Crippen LogP contribution >= 0.6 is 0 Å². The summed E-state index contributed by atoms with van der Waals surface area (Å²) in [5.41, 5.74) is 13.9. The third-order valence-corrected chi connectivity index (χ3v) is 4.55. The Bertz CT molecular complexity index is 1070. The molecule has 0 amide bonds. The van der Waals surface area contributed by atoms with Crippen molar-refractivity contribution in [2.45, 2.75) is 32.2 Å². The van der Waals surface area contributed by atoms with E-state index in [0.29, 0.717) is 11.1 Å². The third-order valence-electron chi connectivity index (χ3n) is 4.55. The van der Waals surface area contributed by atoms with E-state index in [4.69, 9.17) is 16.7 Å². The van der Waals surface area contributed by atoms with Crippen LogP contribution < -0.4 is 22.1 Å². The molecule has 0 radical (unpaired) electrons. The average molecular weight is 376 g/mol. The molecule has 1 aliphatic heterocycles. The molecule has 0 aliphatic carbocycles. The van der Waals surface area contributed by atoms with Crippen LogP contribution in [0.4, 0.5) is 17.3 Å². The second kappa shape index (κ2) is 6.63. The van der Waals surface area contributed by atoms with Crippen molar-refractivity contribution in [3.8, 4) is 18.0 Å². The number of nitrogens with one attached hydrogen (secondary N) is 2. The number of nitrogens with zero attached hydrogens (tertiary/aromatic N) is 4. The molecule has 3 rings (SSSR count). The van der Waals surface area contributed by atoms with E-state index in [1.165, 1.54) is 0 Å². The molecule has 28 heavy (non-hydrogen) atoms. The van der Waals surface area contributed by atoms with Crippen molar-refractivity contribution in [3.63, 3.8) is 0 Å². The van der Waals surface area contributed by atoms with Gasteiger partial charge in [-0.15, -0.1) is 0 Å². The second-order valence-corrected chi connectivity index (χ2v) is 7.43. The van der Waals surface area contributed by atoms with Crippen LogP contribution in [0.1, 0.15) is 49.1 Å². The molecule has 1 aromatic heterocycles. The number of guanidine groups is 1. The Balaban J connectivity index is 2.30. The van der Waals surface area contributed by atoms with Crippen LogP contribution in [0.25, 0.3) is 0 Å². The molecule has 142 valence electrons. The van der Waals surface area contributed by atoms with Crippen LogP contribution in [0.15, 0.2) is 23.2 Å². The van der Waals surface area contributed by atoms with Gasteiger partial charge in [0.1, 0.15) is 35.1 Å². The number of pyridine rings is 1. The van der Waals surface area contributed by atoms with E-state index in [9.17, 15) is 10.4 Å². The minimum Gasteiger partial charge on any atom is -0.508 e. The summed E-state index contributed by atoms with van der Waals surface area (Å²) in [6.45, 7) is 6.15. The Morgan fingerprint density at radius 1 is 1.25 bits per heavy atom. The van der Waals surface area contributed by atoms with Crippen molar-refractivity contribution in [3.05, 3.63) is 40.5 Å². The van der Waals surface area contributed by atoms with E-state index in [0.717, 1.165) is 5.56 Å². The number of fused-ring (bicyclic) bond motifs is 1. The van der Waals surface area contributed by atoms with Gasteiger partial charge in [0.2, 0.25) is 5.96 Å². The van der Waals surface area contributed by atoms with Gasteiger partial charge in [0.15, 0.2) is 6.19 Å². The lowest BCUT2D eigenvalue weighted by atomic mass is 9.84. The monoisotopic (exact) mass is 376 g/mol. The van der Waals surface area contributed by atoms with E-state index in [2.05, 4.69) is 41.4 Å². The molecule has 1 aromatic carbocycles. The average Bonchev–Trinajstić information content (AvgIpc) is 2.61. The number of aromatic hydroxyl groups is 1. The molecule has 0 fully saturated rings. The Kier molecular flexibility index (Phi) is 4.45. The number of nitrogens with two attached hydrogens (primary N) is 2. The highest BCUT2D eigenvalue weighted by Gasteiger charge is 2.31. The van der Waals surface area contributed by atoms with E-state index >= 15 is 0 Å². The van der Waals surface area contributed by atoms with Crippen LogP contribution in [0.2, 0.25) is 0 Å². The summed E-state index contributed by atoms with van der Waals surface area (Å²) in [5.74, 6) is 0.389. The highest BCUT2D eigenvalue weighted by Crippen LogP contribution is 2.43. The molecule has 1 aliphatic rings. The largest absolute Gasteiger partial charge is 0.508 e. The van der Waals surface area contributed by atoms with Gasteiger partial charge in [-0.25, -0.2) is 9.98 Å². The first kappa shape index (κ1) is 18.8. The van der Waals surface area contributed by atoms with Gasteiger partial charge in [-0.1, -0.05) is 26.8 Å². The molecular formula is C19H20N8O. The van der Waals surface area contributed by atoms with Crippen LogP contribution in [0.5, 0.6) is 5.75 Å². The Labute approximate surface area is 162 Å².